The lowest BCUT2D eigenvalue weighted by atomic mass is 10.4. The molecule has 0 atom stereocenters. The molecule has 0 aromatic heterocycles. The number of hydrogen-bond donors (Lipinski definition) is 0. The van der Waals surface area contributed by atoms with Crippen LogP contribution in [0.25, 0.3) is 0 Å². The summed E-state index contributed by atoms with van der Waals surface area (Å²) in [6, 6.07) is 0. The first-order valence-corrected chi connectivity index (χ1v) is 6.18. The van der Waals surface area contributed by atoms with E-state index in [1.165, 1.54) is 0 Å². The van der Waals surface area contributed by atoms with Crippen LogP contribution in [0.1, 0.15) is 25.7 Å². The first kappa shape index (κ1) is 12.4. The summed E-state index contributed by atoms with van der Waals surface area (Å²) in [5, 5.41) is 0. The fourth-order valence-electron chi connectivity index (χ4n) is 1.38. The van der Waals surface area contributed by atoms with Gasteiger partial charge in [0.1, 0.15) is 13.2 Å². The first-order valence-electron chi connectivity index (χ1n) is 6.18. The van der Waals surface area contributed by atoms with Crippen molar-refractivity contribution in [3.8, 4) is 0 Å². The average Bonchev–Trinajstić information content (AvgIpc) is 3.20. The van der Waals surface area contributed by atoms with Crippen LogP contribution in [0.5, 0.6) is 0 Å². The highest BCUT2D eigenvalue weighted by Gasteiger charge is 2.31. The van der Waals surface area contributed by atoms with Crippen LogP contribution >= 0.6 is 0 Å². The normalized spacial score (nSPS) is 18.8. The third-order valence-electron chi connectivity index (χ3n) is 2.77. The van der Waals surface area contributed by atoms with Crippen molar-refractivity contribution in [3.05, 3.63) is 0 Å². The molecule has 5 heteroatoms. The minimum Gasteiger partial charge on any atom is -0.463 e. The summed E-state index contributed by atoms with van der Waals surface area (Å²) in [6.07, 6.45) is 3.82. The van der Waals surface area contributed by atoms with E-state index in [0.717, 1.165) is 25.7 Å². The Hall–Kier alpha value is -1.10. The average molecular weight is 242 g/mol. The fourth-order valence-corrected chi connectivity index (χ4v) is 1.38. The topological polar surface area (TPSA) is 61.8 Å². The molecule has 0 amide bonds. The second kappa shape index (κ2) is 6.00. The summed E-state index contributed by atoms with van der Waals surface area (Å²) >= 11 is 0. The van der Waals surface area contributed by atoms with Gasteiger partial charge in [0.05, 0.1) is 25.0 Å². The molecule has 96 valence electrons. The third kappa shape index (κ3) is 4.73. The second-order valence-corrected chi connectivity index (χ2v) is 4.50. The predicted molar refractivity (Wildman–Crippen MR) is 58.2 cm³/mol. The van der Waals surface area contributed by atoms with E-state index in [2.05, 4.69) is 0 Å². The molecule has 0 radical (unpaired) electrons. The molecule has 0 aromatic rings. The fraction of sp³-hybridized carbons (Fsp3) is 0.833. The van der Waals surface area contributed by atoms with Gasteiger partial charge >= 0.3 is 11.9 Å². The van der Waals surface area contributed by atoms with Crippen LogP contribution in [0.2, 0.25) is 0 Å². The second-order valence-electron chi connectivity index (χ2n) is 4.50. The van der Waals surface area contributed by atoms with Gasteiger partial charge < -0.3 is 14.2 Å². The van der Waals surface area contributed by atoms with E-state index in [4.69, 9.17) is 14.2 Å². The van der Waals surface area contributed by atoms with Crippen molar-refractivity contribution in [1.82, 2.24) is 0 Å². The highest BCUT2D eigenvalue weighted by molar-refractivity contribution is 5.75. The largest absolute Gasteiger partial charge is 0.463 e. The van der Waals surface area contributed by atoms with Crippen LogP contribution in [-0.4, -0.2) is 38.4 Å². The van der Waals surface area contributed by atoms with Crippen LogP contribution in [0.4, 0.5) is 0 Å². The quantitative estimate of drug-likeness (QED) is 0.467. The molecule has 2 rings (SSSR count). The molecule has 0 spiro atoms. The van der Waals surface area contributed by atoms with Gasteiger partial charge in [-0.25, -0.2) is 0 Å². The minimum absolute atomic E-state index is 0.117. The SMILES string of the molecule is O=C(OCCOCCOC(=O)C1CC1)C1CC1. The maximum absolute atomic E-state index is 11.1. The molecule has 2 aliphatic rings. The molecule has 2 aliphatic carbocycles. The van der Waals surface area contributed by atoms with Gasteiger partial charge in [-0.05, 0) is 25.7 Å². The highest BCUT2D eigenvalue weighted by Crippen LogP contribution is 2.30. The number of esters is 2. The summed E-state index contributed by atoms with van der Waals surface area (Å²) in [5.41, 5.74) is 0. The van der Waals surface area contributed by atoms with Crippen molar-refractivity contribution in [3.63, 3.8) is 0 Å². The van der Waals surface area contributed by atoms with Crippen molar-refractivity contribution in [1.29, 1.82) is 0 Å². The van der Waals surface area contributed by atoms with E-state index < -0.39 is 0 Å². The Morgan fingerprint density at radius 3 is 1.53 bits per heavy atom. The standard InChI is InChI=1S/C12H18O5/c13-11(9-1-2-9)16-7-5-15-6-8-17-12(14)10-3-4-10/h9-10H,1-8H2. The highest BCUT2D eigenvalue weighted by atomic mass is 16.6. The summed E-state index contributed by atoms with van der Waals surface area (Å²) in [5.74, 6) is 0.0338. The third-order valence-corrected chi connectivity index (χ3v) is 2.77. The van der Waals surface area contributed by atoms with Gasteiger partial charge in [0.25, 0.3) is 0 Å². The maximum atomic E-state index is 11.1. The zero-order valence-electron chi connectivity index (χ0n) is 9.85. The van der Waals surface area contributed by atoms with Gasteiger partial charge in [0.15, 0.2) is 0 Å². The van der Waals surface area contributed by atoms with Crippen molar-refractivity contribution in [2.24, 2.45) is 11.8 Å². The molecular weight excluding hydrogens is 224 g/mol. The molecule has 5 nitrogen and oxygen atoms in total. The zero-order chi connectivity index (χ0) is 12.1. The zero-order valence-corrected chi connectivity index (χ0v) is 9.85. The number of hydrogen-bond acceptors (Lipinski definition) is 5. The molecule has 0 aliphatic heterocycles. The Morgan fingerprint density at radius 1 is 0.765 bits per heavy atom. The van der Waals surface area contributed by atoms with Crippen LogP contribution < -0.4 is 0 Å². The van der Waals surface area contributed by atoms with Crippen molar-refractivity contribution in [2.45, 2.75) is 25.7 Å². The smallest absolute Gasteiger partial charge is 0.309 e. The Balaban J connectivity index is 1.36. The molecule has 0 heterocycles. The Labute approximate surface area is 100 Å². The van der Waals surface area contributed by atoms with E-state index in [9.17, 15) is 9.59 Å². The maximum Gasteiger partial charge on any atom is 0.309 e. The molecule has 2 saturated carbocycles. The van der Waals surface area contributed by atoms with Gasteiger partial charge in [-0.15, -0.1) is 0 Å². The lowest BCUT2D eigenvalue weighted by Crippen LogP contribution is -2.15. The Morgan fingerprint density at radius 2 is 1.18 bits per heavy atom. The predicted octanol–water partition coefficient (Wildman–Crippen LogP) is 0.909. The molecule has 0 bridgehead atoms. The molecule has 0 saturated heterocycles. The lowest BCUT2D eigenvalue weighted by Gasteiger charge is -2.06. The molecular formula is C12H18O5. The van der Waals surface area contributed by atoms with Gasteiger partial charge in [0, 0.05) is 0 Å². The number of ether oxygens (including phenoxy) is 3. The summed E-state index contributed by atoms with van der Waals surface area (Å²) in [4.78, 5) is 22.2. The van der Waals surface area contributed by atoms with E-state index in [1.807, 2.05) is 0 Å². The number of rotatable bonds is 8. The molecule has 0 aromatic carbocycles. The Kier molecular flexibility index (Phi) is 4.36. The van der Waals surface area contributed by atoms with Crippen LogP contribution in [0.15, 0.2) is 0 Å². The van der Waals surface area contributed by atoms with E-state index in [-0.39, 0.29) is 37.0 Å². The summed E-state index contributed by atoms with van der Waals surface area (Å²) < 4.78 is 15.1. The minimum atomic E-state index is -0.117. The van der Waals surface area contributed by atoms with Gasteiger partial charge in [-0.3, -0.25) is 9.59 Å². The van der Waals surface area contributed by atoms with Gasteiger partial charge in [-0.1, -0.05) is 0 Å². The van der Waals surface area contributed by atoms with Crippen molar-refractivity contribution >= 4 is 11.9 Å². The van der Waals surface area contributed by atoms with Crippen LogP contribution in [0, 0.1) is 11.8 Å². The number of carbonyl (C=O) groups is 2. The molecule has 0 N–H and O–H groups in total. The summed E-state index contributed by atoms with van der Waals surface area (Å²) in [7, 11) is 0. The van der Waals surface area contributed by atoms with E-state index in [1.54, 1.807) is 0 Å². The summed E-state index contributed by atoms with van der Waals surface area (Å²) in [6.45, 7) is 1.29. The van der Waals surface area contributed by atoms with E-state index >= 15 is 0 Å². The lowest BCUT2D eigenvalue weighted by molar-refractivity contribution is -0.148. The molecule has 2 fully saturated rings. The van der Waals surface area contributed by atoms with Crippen LogP contribution in [-0.2, 0) is 23.8 Å². The van der Waals surface area contributed by atoms with Crippen molar-refractivity contribution < 1.29 is 23.8 Å². The Bertz CT molecular complexity index is 253. The van der Waals surface area contributed by atoms with E-state index in [0.29, 0.717) is 13.2 Å². The van der Waals surface area contributed by atoms with Gasteiger partial charge in [-0.2, -0.15) is 0 Å². The molecule has 17 heavy (non-hydrogen) atoms. The number of carbonyl (C=O) groups excluding carboxylic acids is 2. The van der Waals surface area contributed by atoms with Crippen LogP contribution in [0.3, 0.4) is 0 Å². The first-order chi connectivity index (χ1) is 8.27. The van der Waals surface area contributed by atoms with Crippen molar-refractivity contribution in [2.75, 3.05) is 26.4 Å². The van der Waals surface area contributed by atoms with Gasteiger partial charge in [0.2, 0.25) is 0 Å². The molecule has 0 unspecified atom stereocenters. The monoisotopic (exact) mass is 242 g/mol.